The average Bonchev–Trinajstić information content (AvgIpc) is 2.20. The molecule has 4 nitrogen and oxygen atoms in total. The van der Waals surface area contributed by atoms with Crippen LogP contribution in [0.25, 0.3) is 0 Å². The molecule has 84 valence electrons. The van der Waals surface area contributed by atoms with E-state index in [1.54, 1.807) is 0 Å². The van der Waals surface area contributed by atoms with Gasteiger partial charge >= 0.3 is 0 Å². The van der Waals surface area contributed by atoms with Crippen LogP contribution in [-0.4, -0.2) is 68.8 Å². The van der Waals surface area contributed by atoms with E-state index in [2.05, 4.69) is 16.8 Å². The summed E-state index contributed by atoms with van der Waals surface area (Å²) in [5.74, 6) is 0. The second kappa shape index (κ2) is 6.35. The van der Waals surface area contributed by atoms with E-state index in [-0.39, 0.29) is 0 Å². The van der Waals surface area contributed by atoms with Crippen LogP contribution in [0.5, 0.6) is 0 Å². The topological polar surface area (TPSA) is 41.7 Å². The lowest BCUT2D eigenvalue weighted by Crippen LogP contribution is -2.55. The van der Waals surface area contributed by atoms with E-state index in [1.165, 1.54) is 0 Å². The van der Waals surface area contributed by atoms with Crippen LogP contribution in [0.15, 0.2) is 0 Å². The van der Waals surface area contributed by atoms with E-state index < -0.39 is 0 Å². The minimum Gasteiger partial charge on any atom is -0.380 e. The second-order valence-corrected chi connectivity index (χ2v) is 3.88. The van der Waals surface area contributed by atoms with Gasteiger partial charge in [0.05, 0.1) is 6.61 Å². The fraction of sp³-hybridized carbons (Fsp3) is 1.00. The Morgan fingerprint density at radius 3 is 2.86 bits per heavy atom. The minimum absolute atomic E-state index is 0.509. The summed E-state index contributed by atoms with van der Waals surface area (Å²) in [4.78, 5) is 4.78. The van der Waals surface area contributed by atoms with Crippen molar-refractivity contribution in [1.29, 1.82) is 0 Å². The Kier molecular flexibility index (Phi) is 5.40. The predicted molar refractivity (Wildman–Crippen MR) is 58.4 cm³/mol. The van der Waals surface area contributed by atoms with Crippen molar-refractivity contribution in [3.63, 3.8) is 0 Å². The highest BCUT2D eigenvalue weighted by molar-refractivity contribution is 4.81. The molecule has 1 aliphatic heterocycles. The van der Waals surface area contributed by atoms with Gasteiger partial charge in [0, 0.05) is 45.4 Å². The second-order valence-electron chi connectivity index (χ2n) is 3.88. The van der Waals surface area contributed by atoms with Crippen molar-refractivity contribution in [2.24, 2.45) is 5.73 Å². The van der Waals surface area contributed by atoms with Gasteiger partial charge in [0.15, 0.2) is 0 Å². The lowest BCUT2D eigenvalue weighted by molar-refractivity contribution is 0.0547. The molecule has 1 rings (SSSR count). The molecule has 0 amide bonds. The molecule has 0 bridgehead atoms. The number of nitrogens with two attached hydrogens (primary N) is 1. The molecule has 0 radical (unpaired) electrons. The molecule has 0 saturated carbocycles. The highest BCUT2D eigenvalue weighted by atomic mass is 16.5. The van der Waals surface area contributed by atoms with Crippen LogP contribution in [0.2, 0.25) is 0 Å². The molecule has 0 aromatic carbocycles. The normalized spacial score (nSPS) is 25.5. The summed E-state index contributed by atoms with van der Waals surface area (Å²) in [7, 11) is 2.16. The van der Waals surface area contributed by atoms with Gasteiger partial charge in [0.2, 0.25) is 0 Å². The number of nitrogens with zero attached hydrogens (tertiary/aromatic N) is 2. The van der Waals surface area contributed by atoms with Crippen LogP contribution in [0.3, 0.4) is 0 Å². The Morgan fingerprint density at radius 2 is 2.21 bits per heavy atom. The highest BCUT2D eigenvalue weighted by Crippen LogP contribution is 2.06. The largest absolute Gasteiger partial charge is 0.380 e. The molecule has 0 aromatic heterocycles. The summed E-state index contributed by atoms with van der Waals surface area (Å²) in [5.41, 5.74) is 5.75. The number of piperazine rings is 1. The van der Waals surface area contributed by atoms with Crippen molar-refractivity contribution in [1.82, 2.24) is 9.80 Å². The third kappa shape index (κ3) is 3.53. The maximum Gasteiger partial charge on any atom is 0.0593 e. The molecule has 2 N–H and O–H groups in total. The Hall–Kier alpha value is -0.160. The maximum atomic E-state index is 5.75. The summed E-state index contributed by atoms with van der Waals surface area (Å²) in [6.07, 6.45) is 0. The molecule has 0 spiro atoms. The van der Waals surface area contributed by atoms with Crippen LogP contribution in [0.1, 0.15) is 6.92 Å². The van der Waals surface area contributed by atoms with Gasteiger partial charge in [0.1, 0.15) is 0 Å². The van der Waals surface area contributed by atoms with Gasteiger partial charge in [0.25, 0.3) is 0 Å². The van der Waals surface area contributed by atoms with E-state index in [0.717, 1.165) is 45.9 Å². The van der Waals surface area contributed by atoms with Crippen molar-refractivity contribution in [2.45, 2.75) is 13.0 Å². The van der Waals surface area contributed by atoms with Crippen LogP contribution in [0, 0.1) is 0 Å². The Bertz CT molecular complexity index is 154. The van der Waals surface area contributed by atoms with E-state index in [1.807, 2.05) is 6.92 Å². The van der Waals surface area contributed by atoms with E-state index >= 15 is 0 Å². The lowest BCUT2D eigenvalue weighted by Gasteiger charge is -2.39. The molecular weight excluding hydrogens is 178 g/mol. The zero-order chi connectivity index (χ0) is 10.4. The summed E-state index contributed by atoms with van der Waals surface area (Å²) in [6.45, 7) is 8.78. The maximum absolute atomic E-state index is 5.75. The minimum atomic E-state index is 0.509. The Balaban J connectivity index is 2.27. The van der Waals surface area contributed by atoms with E-state index in [0.29, 0.717) is 6.04 Å². The monoisotopic (exact) mass is 201 g/mol. The SMILES string of the molecule is CCOCCN1CCN(C)CC1CN. The first kappa shape index (κ1) is 11.9. The van der Waals surface area contributed by atoms with Crippen LogP contribution >= 0.6 is 0 Å². The smallest absolute Gasteiger partial charge is 0.0593 e. The van der Waals surface area contributed by atoms with Gasteiger partial charge in [-0.3, -0.25) is 4.90 Å². The van der Waals surface area contributed by atoms with Gasteiger partial charge in [-0.25, -0.2) is 0 Å². The molecule has 1 unspecified atom stereocenters. The van der Waals surface area contributed by atoms with Crippen LogP contribution in [-0.2, 0) is 4.74 Å². The van der Waals surface area contributed by atoms with Crippen molar-refractivity contribution in [2.75, 3.05) is 53.0 Å². The highest BCUT2D eigenvalue weighted by Gasteiger charge is 2.23. The van der Waals surface area contributed by atoms with Gasteiger partial charge < -0.3 is 15.4 Å². The molecule has 1 fully saturated rings. The standard InChI is InChI=1S/C10H23N3O/c1-3-14-7-6-13-5-4-12(2)9-10(13)8-11/h10H,3-9,11H2,1-2H3. The summed E-state index contributed by atoms with van der Waals surface area (Å²) in [5, 5.41) is 0. The van der Waals surface area contributed by atoms with Gasteiger partial charge in [-0.05, 0) is 14.0 Å². The molecule has 0 aromatic rings. The number of likely N-dealkylation sites (N-methyl/N-ethyl adjacent to an activating group) is 1. The quantitative estimate of drug-likeness (QED) is 0.615. The summed E-state index contributed by atoms with van der Waals surface area (Å²) in [6, 6.07) is 0.509. The molecule has 0 aliphatic carbocycles. The average molecular weight is 201 g/mol. The first-order valence-corrected chi connectivity index (χ1v) is 5.48. The van der Waals surface area contributed by atoms with Gasteiger partial charge in [-0.2, -0.15) is 0 Å². The first-order valence-electron chi connectivity index (χ1n) is 5.48. The van der Waals surface area contributed by atoms with Crippen molar-refractivity contribution in [3.05, 3.63) is 0 Å². The Labute approximate surface area is 87.0 Å². The zero-order valence-electron chi connectivity index (χ0n) is 9.41. The van der Waals surface area contributed by atoms with Crippen molar-refractivity contribution < 1.29 is 4.74 Å². The van der Waals surface area contributed by atoms with E-state index in [9.17, 15) is 0 Å². The van der Waals surface area contributed by atoms with Gasteiger partial charge in [-0.1, -0.05) is 0 Å². The Morgan fingerprint density at radius 1 is 1.43 bits per heavy atom. The number of hydrogen-bond donors (Lipinski definition) is 1. The first-order chi connectivity index (χ1) is 6.77. The molecular formula is C10H23N3O. The summed E-state index contributed by atoms with van der Waals surface area (Å²) < 4.78 is 5.36. The van der Waals surface area contributed by atoms with Gasteiger partial charge in [-0.15, -0.1) is 0 Å². The number of rotatable bonds is 5. The predicted octanol–water partition coefficient (Wildman–Crippen LogP) is -0.402. The fourth-order valence-corrected chi connectivity index (χ4v) is 1.89. The molecule has 1 aliphatic rings. The summed E-state index contributed by atoms with van der Waals surface area (Å²) >= 11 is 0. The number of hydrogen-bond acceptors (Lipinski definition) is 4. The third-order valence-corrected chi connectivity index (χ3v) is 2.81. The molecule has 4 heteroatoms. The molecule has 1 saturated heterocycles. The lowest BCUT2D eigenvalue weighted by atomic mass is 10.2. The van der Waals surface area contributed by atoms with Crippen LogP contribution in [0.4, 0.5) is 0 Å². The number of ether oxygens (including phenoxy) is 1. The third-order valence-electron chi connectivity index (χ3n) is 2.81. The zero-order valence-corrected chi connectivity index (χ0v) is 9.41. The van der Waals surface area contributed by atoms with Crippen molar-refractivity contribution in [3.8, 4) is 0 Å². The molecule has 1 heterocycles. The molecule has 14 heavy (non-hydrogen) atoms. The fourth-order valence-electron chi connectivity index (χ4n) is 1.89. The van der Waals surface area contributed by atoms with E-state index in [4.69, 9.17) is 10.5 Å². The van der Waals surface area contributed by atoms with Crippen LogP contribution < -0.4 is 5.73 Å². The van der Waals surface area contributed by atoms with Crippen molar-refractivity contribution >= 4 is 0 Å². The molecule has 1 atom stereocenters.